The zero-order valence-corrected chi connectivity index (χ0v) is 11.7. The molecule has 0 aliphatic carbocycles. The summed E-state index contributed by atoms with van der Waals surface area (Å²) >= 11 is 3.22. The number of aliphatic hydroxyl groups is 1. The van der Waals surface area contributed by atoms with E-state index >= 15 is 0 Å². The number of halogens is 1. The number of hydrogen-bond donors (Lipinski definition) is 2. The van der Waals surface area contributed by atoms with Crippen molar-refractivity contribution in [1.82, 2.24) is 10.3 Å². The van der Waals surface area contributed by atoms with Crippen molar-refractivity contribution in [1.29, 1.82) is 0 Å². The lowest BCUT2D eigenvalue weighted by atomic mass is 10.1. The van der Waals surface area contributed by atoms with Crippen molar-refractivity contribution in [2.24, 2.45) is 0 Å². The number of rotatable bonds is 4. The first-order chi connectivity index (χ1) is 9.20. The molecule has 0 fully saturated rings. The maximum Gasteiger partial charge on any atom is 0.270 e. The minimum absolute atomic E-state index is 0.163. The van der Waals surface area contributed by atoms with Gasteiger partial charge in [-0.3, -0.25) is 4.79 Å². The summed E-state index contributed by atoms with van der Waals surface area (Å²) in [5.74, 6) is -0.316. The SMILES string of the molecule is O=C(N[C@H](CO)c1ccccc1)c1cccc(Br)n1. The highest BCUT2D eigenvalue weighted by atomic mass is 79.9. The summed E-state index contributed by atoms with van der Waals surface area (Å²) in [7, 11) is 0. The molecular weight excluding hydrogens is 308 g/mol. The highest BCUT2D eigenvalue weighted by molar-refractivity contribution is 9.10. The van der Waals surface area contributed by atoms with E-state index in [9.17, 15) is 9.90 Å². The van der Waals surface area contributed by atoms with E-state index in [-0.39, 0.29) is 12.5 Å². The summed E-state index contributed by atoms with van der Waals surface area (Å²) in [4.78, 5) is 16.1. The molecule has 0 spiro atoms. The highest BCUT2D eigenvalue weighted by Gasteiger charge is 2.15. The molecule has 98 valence electrons. The van der Waals surface area contributed by atoms with Crippen LogP contribution in [-0.2, 0) is 0 Å². The van der Waals surface area contributed by atoms with Crippen LogP contribution in [0.25, 0.3) is 0 Å². The van der Waals surface area contributed by atoms with Crippen LogP contribution >= 0.6 is 15.9 Å². The van der Waals surface area contributed by atoms with Gasteiger partial charge in [-0.2, -0.15) is 0 Å². The average Bonchev–Trinajstić information content (AvgIpc) is 2.45. The van der Waals surface area contributed by atoms with Gasteiger partial charge in [0.2, 0.25) is 0 Å². The van der Waals surface area contributed by atoms with E-state index in [0.717, 1.165) is 5.56 Å². The van der Waals surface area contributed by atoms with Gasteiger partial charge >= 0.3 is 0 Å². The molecule has 5 heteroatoms. The van der Waals surface area contributed by atoms with Crippen molar-refractivity contribution in [3.8, 4) is 0 Å². The first kappa shape index (κ1) is 13.7. The van der Waals surface area contributed by atoms with E-state index in [1.807, 2.05) is 30.3 Å². The Kier molecular flexibility index (Phi) is 4.65. The maximum absolute atomic E-state index is 12.0. The molecule has 0 aliphatic rings. The number of hydrogen-bond acceptors (Lipinski definition) is 3. The Morgan fingerprint density at radius 3 is 2.58 bits per heavy atom. The fraction of sp³-hybridized carbons (Fsp3) is 0.143. The van der Waals surface area contributed by atoms with Gasteiger partial charge in [0.05, 0.1) is 12.6 Å². The van der Waals surface area contributed by atoms with Crippen molar-refractivity contribution in [3.05, 3.63) is 64.4 Å². The van der Waals surface area contributed by atoms with Crippen LogP contribution in [0.5, 0.6) is 0 Å². The predicted molar refractivity (Wildman–Crippen MR) is 75.7 cm³/mol. The van der Waals surface area contributed by atoms with E-state index in [0.29, 0.717) is 10.3 Å². The molecule has 0 saturated carbocycles. The quantitative estimate of drug-likeness (QED) is 0.850. The van der Waals surface area contributed by atoms with Crippen LogP contribution in [0.4, 0.5) is 0 Å². The maximum atomic E-state index is 12.0. The van der Waals surface area contributed by atoms with E-state index in [1.165, 1.54) is 0 Å². The topological polar surface area (TPSA) is 62.2 Å². The number of nitrogens with zero attached hydrogens (tertiary/aromatic N) is 1. The summed E-state index contributed by atoms with van der Waals surface area (Å²) < 4.78 is 0.598. The van der Waals surface area contributed by atoms with Gasteiger partial charge in [-0.25, -0.2) is 4.98 Å². The number of aromatic nitrogens is 1. The minimum atomic E-state index is -0.436. The van der Waals surface area contributed by atoms with Crippen LogP contribution in [0.2, 0.25) is 0 Å². The van der Waals surface area contributed by atoms with Gasteiger partial charge < -0.3 is 10.4 Å². The van der Waals surface area contributed by atoms with Gasteiger partial charge in [0.1, 0.15) is 10.3 Å². The molecule has 1 heterocycles. The van der Waals surface area contributed by atoms with E-state index < -0.39 is 6.04 Å². The molecule has 4 nitrogen and oxygen atoms in total. The van der Waals surface area contributed by atoms with Crippen molar-refractivity contribution < 1.29 is 9.90 Å². The summed E-state index contributed by atoms with van der Waals surface area (Å²) in [5, 5.41) is 12.1. The van der Waals surface area contributed by atoms with E-state index in [4.69, 9.17) is 0 Å². The molecular formula is C14H13BrN2O2. The second-order valence-corrected chi connectivity index (χ2v) is 4.78. The molecule has 1 atom stereocenters. The molecule has 1 amide bonds. The minimum Gasteiger partial charge on any atom is -0.394 e. The summed E-state index contributed by atoms with van der Waals surface area (Å²) in [6, 6.07) is 14.0. The number of amides is 1. The van der Waals surface area contributed by atoms with Crippen LogP contribution < -0.4 is 5.32 Å². The lowest BCUT2D eigenvalue weighted by molar-refractivity contribution is 0.0911. The first-order valence-corrected chi connectivity index (χ1v) is 6.59. The zero-order valence-electron chi connectivity index (χ0n) is 10.1. The molecule has 0 radical (unpaired) electrons. The second kappa shape index (κ2) is 6.45. The largest absolute Gasteiger partial charge is 0.394 e. The Balaban J connectivity index is 2.13. The van der Waals surface area contributed by atoms with E-state index in [2.05, 4.69) is 26.2 Å². The third-order valence-electron chi connectivity index (χ3n) is 2.64. The molecule has 2 rings (SSSR count). The van der Waals surface area contributed by atoms with Crippen LogP contribution in [0.1, 0.15) is 22.1 Å². The Hall–Kier alpha value is -1.72. The lowest BCUT2D eigenvalue weighted by Crippen LogP contribution is -2.31. The zero-order chi connectivity index (χ0) is 13.7. The number of nitrogens with one attached hydrogen (secondary N) is 1. The van der Waals surface area contributed by atoms with Crippen molar-refractivity contribution in [2.45, 2.75) is 6.04 Å². The Morgan fingerprint density at radius 1 is 1.21 bits per heavy atom. The van der Waals surface area contributed by atoms with Crippen molar-refractivity contribution >= 4 is 21.8 Å². The summed E-state index contributed by atoms with van der Waals surface area (Å²) in [6.07, 6.45) is 0. The third kappa shape index (κ3) is 3.62. The third-order valence-corrected chi connectivity index (χ3v) is 3.08. The molecule has 0 saturated heterocycles. The normalized spacial score (nSPS) is 11.9. The number of carbonyl (C=O) groups is 1. The molecule has 0 aliphatic heterocycles. The van der Waals surface area contributed by atoms with Gasteiger partial charge in [-0.15, -0.1) is 0 Å². The van der Waals surface area contributed by atoms with Crippen LogP contribution in [0.3, 0.4) is 0 Å². The fourth-order valence-electron chi connectivity index (χ4n) is 1.69. The van der Waals surface area contributed by atoms with Crippen molar-refractivity contribution in [2.75, 3.05) is 6.61 Å². The van der Waals surface area contributed by atoms with Crippen LogP contribution in [0.15, 0.2) is 53.1 Å². The summed E-state index contributed by atoms with van der Waals surface area (Å²) in [6.45, 7) is -0.163. The van der Waals surface area contributed by atoms with Crippen LogP contribution in [-0.4, -0.2) is 22.6 Å². The highest BCUT2D eigenvalue weighted by Crippen LogP contribution is 2.13. The van der Waals surface area contributed by atoms with Gasteiger partial charge in [0.15, 0.2) is 0 Å². The van der Waals surface area contributed by atoms with Gasteiger partial charge in [-0.05, 0) is 33.6 Å². The standard InChI is InChI=1S/C14H13BrN2O2/c15-13-8-4-7-11(16-13)14(19)17-12(9-18)10-5-2-1-3-6-10/h1-8,12,18H,9H2,(H,17,19)/t12-/m1/s1. The number of benzene rings is 1. The van der Waals surface area contributed by atoms with Crippen LogP contribution in [0, 0.1) is 0 Å². The van der Waals surface area contributed by atoms with Gasteiger partial charge in [0.25, 0.3) is 5.91 Å². The molecule has 1 aromatic carbocycles. The number of pyridine rings is 1. The first-order valence-electron chi connectivity index (χ1n) is 5.80. The second-order valence-electron chi connectivity index (χ2n) is 3.96. The van der Waals surface area contributed by atoms with Gasteiger partial charge in [0, 0.05) is 0 Å². The molecule has 2 aromatic rings. The van der Waals surface area contributed by atoms with Gasteiger partial charge in [-0.1, -0.05) is 36.4 Å². The Bertz CT molecular complexity index is 560. The molecule has 2 N–H and O–H groups in total. The summed E-state index contributed by atoms with van der Waals surface area (Å²) in [5.41, 5.74) is 1.16. The van der Waals surface area contributed by atoms with E-state index in [1.54, 1.807) is 18.2 Å². The number of aliphatic hydroxyl groups excluding tert-OH is 1. The van der Waals surface area contributed by atoms with Crippen molar-refractivity contribution in [3.63, 3.8) is 0 Å². The predicted octanol–water partition coefficient (Wildman–Crippen LogP) is 2.31. The fourth-order valence-corrected chi connectivity index (χ4v) is 2.03. The Morgan fingerprint density at radius 2 is 1.95 bits per heavy atom. The molecule has 0 unspecified atom stereocenters. The molecule has 1 aromatic heterocycles. The average molecular weight is 321 g/mol. The monoisotopic (exact) mass is 320 g/mol. The molecule has 19 heavy (non-hydrogen) atoms. The number of carbonyl (C=O) groups excluding carboxylic acids is 1. The smallest absolute Gasteiger partial charge is 0.270 e. The molecule has 0 bridgehead atoms. The lowest BCUT2D eigenvalue weighted by Gasteiger charge is -2.16. The Labute approximate surface area is 119 Å².